The summed E-state index contributed by atoms with van der Waals surface area (Å²) in [5.74, 6) is 0.0440. The van der Waals surface area contributed by atoms with Crippen molar-refractivity contribution in [3.63, 3.8) is 0 Å². The highest BCUT2D eigenvalue weighted by Crippen LogP contribution is 2.33. The number of pyridine rings is 2. The van der Waals surface area contributed by atoms with Gasteiger partial charge in [-0.05, 0) is 66.9 Å². The number of aromatic amines is 2. The van der Waals surface area contributed by atoms with Gasteiger partial charge in [-0.25, -0.2) is 27.5 Å². The van der Waals surface area contributed by atoms with Crippen LogP contribution in [0, 0.1) is 12.7 Å². The van der Waals surface area contributed by atoms with E-state index >= 15 is 0 Å². The lowest BCUT2D eigenvalue weighted by Gasteiger charge is -2.10. The Labute approximate surface area is 230 Å². The highest BCUT2D eigenvalue weighted by molar-refractivity contribution is 7.88. The fourth-order valence-electron chi connectivity index (χ4n) is 4.29. The fraction of sp³-hybridized carbons (Fsp3) is 0.143. The summed E-state index contributed by atoms with van der Waals surface area (Å²) in [6.07, 6.45) is 9.94. The maximum atomic E-state index is 14.6. The Morgan fingerprint density at radius 1 is 1.18 bits per heavy atom. The van der Waals surface area contributed by atoms with Crippen molar-refractivity contribution in [3.05, 3.63) is 95.2 Å². The highest BCUT2D eigenvalue weighted by Gasteiger charge is 2.20. The number of nitrogens with two attached hydrogens (primary N) is 1. The van der Waals surface area contributed by atoms with E-state index in [-0.39, 0.29) is 12.4 Å². The molecular weight excluding hydrogens is 531 g/mol. The number of allylic oxidation sites excluding steroid dienone is 3. The van der Waals surface area contributed by atoms with Crippen LogP contribution in [-0.4, -0.2) is 44.8 Å². The molecule has 204 valence electrons. The van der Waals surface area contributed by atoms with E-state index in [9.17, 15) is 12.8 Å². The molecule has 0 bridgehead atoms. The Bertz CT molecular complexity index is 1890. The van der Waals surface area contributed by atoms with E-state index in [0.717, 1.165) is 28.6 Å². The van der Waals surface area contributed by atoms with Gasteiger partial charge in [0.2, 0.25) is 10.0 Å². The third-order valence-corrected chi connectivity index (χ3v) is 6.88. The van der Waals surface area contributed by atoms with Crippen molar-refractivity contribution in [1.29, 1.82) is 0 Å². The zero-order valence-corrected chi connectivity index (χ0v) is 22.8. The molecule has 5 N–H and O–H groups in total. The number of anilines is 1. The van der Waals surface area contributed by atoms with Crippen molar-refractivity contribution < 1.29 is 12.8 Å². The number of sulfonamides is 1. The molecule has 1 aromatic carbocycles. The molecule has 0 atom stereocenters. The minimum atomic E-state index is -3.46. The lowest BCUT2D eigenvalue weighted by molar-refractivity contribution is 0.586. The van der Waals surface area contributed by atoms with Crippen LogP contribution in [0.25, 0.3) is 39.4 Å². The first-order valence-corrected chi connectivity index (χ1v) is 14.2. The van der Waals surface area contributed by atoms with Crippen LogP contribution in [0.2, 0.25) is 0 Å². The van der Waals surface area contributed by atoms with Crippen LogP contribution in [0.15, 0.2) is 67.0 Å². The molecule has 5 rings (SSSR count). The van der Waals surface area contributed by atoms with E-state index < -0.39 is 15.8 Å². The third-order valence-electron chi connectivity index (χ3n) is 6.21. The maximum Gasteiger partial charge on any atom is 0.209 e. The maximum absolute atomic E-state index is 14.6. The Kier molecular flexibility index (Phi) is 7.28. The summed E-state index contributed by atoms with van der Waals surface area (Å²) in [5.41, 5.74) is 12.8. The van der Waals surface area contributed by atoms with Crippen LogP contribution >= 0.6 is 0 Å². The number of imidazole rings is 1. The third kappa shape index (κ3) is 5.67. The van der Waals surface area contributed by atoms with Crippen molar-refractivity contribution in [2.75, 3.05) is 12.0 Å². The summed E-state index contributed by atoms with van der Waals surface area (Å²) in [7, 11) is -3.46. The van der Waals surface area contributed by atoms with Gasteiger partial charge in [-0.15, -0.1) is 0 Å². The predicted octanol–water partition coefficient (Wildman–Crippen LogP) is 4.50. The standard InChI is InChI=1S/C28H27FN8O2S/c1-4-5-6-20(18-11-17(12-19(29)13-18)14-32-40(3,38)39)24-27(30)35-28(34-24)26-25-23(36-37-26)8-7-22(33-25)21-15-31-10-9-16(21)2/h4-13,15,32H,14,30H2,1-3H3,(H,34,35)(H,36,37)/b5-4?,20-6-. The van der Waals surface area contributed by atoms with Crippen LogP contribution in [0.5, 0.6) is 0 Å². The monoisotopic (exact) mass is 558 g/mol. The number of aromatic nitrogens is 6. The normalized spacial score (nSPS) is 12.6. The number of halogens is 1. The first-order valence-electron chi connectivity index (χ1n) is 12.3. The molecule has 0 aliphatic carbocycles. The molecule has 10 nitrogen and oxygen atoms in total. The number of benzene rings is 1. The van der Waals surface area contributed by atoms with Crippen LogP contribution in [-0.2, 0) is 16.6 Å². The molecule has 4 aromatic heterocycles. The molecule has 0 aliphatic rings. The second-order valence-corrected chi connectivity index (χ2v) is 11.1. The number of hydrogen-bond donors (Lipinski definition) is 4. The predicted molar refractivity (Wildman–Crippen MR) is 154 cm³/mol. The summed E-state index contributed by atoms with van der Waals surface area (Å²) in [6.45, 7) is 3.78. The summed E-state index contributed by atoms with van der Waals surface area (Å²) >= 11 is 0. The number of aryl methyl sites for hydroxylation is 1. The molecule has 0 spiro atoms. The van der Waals surface area contributed by atoms with Gasteiger partial charge >= 0.3 is 0 Å². The Balaban J connectivity index is 1.58. The van der Waals surface area contributed by atoms with Gasteiger partial charge in [0.25, 0.3) is 0 Å². The lowest BCUT2D eigenvalue weighted by Crippen LogP contribution is -2.21. The molecule has 12 heteroatoms. The van der Waals surface area contributed by atoms with Gasteiger partial charge in [-0.3, -0.25) is 10.1 Å². The zero-order valence-electron chi connectivity index (χ0n) is 22.0. The second-order valence-electron chi connectivity index (χ2n) is 9.25. The van der Waals surface area contributed by atoms with Crippen molar-refractivity contribution in [2.45, 2.75) is 20.4 Å². The number of fused-ring (bicyclic) bond motifs is 1. The first kappa shape index (κ1) is 26.9. The zero-order chi connectivity index (χ0) is 28.4. The number of nitrogens with one attached hydrogen (secondary N) is 3. The molecule has 0 amide bonds. The quantitative estimate of drug-likeness (QED) is 0.204. The highest BCUT2D eigenvalue weighted by atomic mass is 32.2. The summed E-state index contributed by atoms with van der Waals surface area (Å²) in [4.78, 5) is 16.8. The number of hydrogen-bond acceptors (Lipinski definition) is 7. The first-order chi connectivity index (χ1) is 19.1. The van der Waals surface area contributed by atoms with Gasteiger partial charge in [0.05, 0.1) is 23.2 Å². The Morgan fingerprint density at radius 2 is 2.00 bits per heavy atom. The molecule has 0 saturated carbocycles. The molecule has 0 radical (unpaired) electrons. The molecule has 0 aliphatic heterocycles. The van der Waals surface area contributed by atoms with Gasteiger partial charge in [0.1, 0.15) is 17.2 Å². The molecule has 0 saturated heterocycles. The van der Waals surface area contributed by atoms with Gasteiger partial charge in [0, 0.05) is 30.1 Å². The lowest BCUT2D eigenvalue weighted by atomic mass is 9.99. The smallest absolute Gasteiger partial charge is 0.209 e. The van der Waals surface area contributed by atoms with E-state index in [2.05, 4.69) is 29.9 Å². The van der Waals surface area contributed by atoms with Crippen molar-refractivity contribution in [2.24, 2.45) is 0 Å². The van der Waals surface area contributed by atoms with Gasteiger partial charge in [-0.1, -0.05) is 18.2 Å². The topological polar surface area (TPSA) is 155 Å². The van der Waals surface area contributed by atoms with Gasteiger partial charge in [-0.2, -0.15) is 5.10 Å². The van der Waals surface area contributed by atoms with Crippen molar-refractivity contribution in [1.82, 2.24) is 34.9 Å². The summed E-state index contributed by atoms with van der Waals surface area (Å²) in [5, 5.41) is 7.42. The number of nitrogens with zero attached hydrogens (tertiary/aromatic N) is 4. The second kappa shape index (κ2) is 10.8. The van der Waals surface area contributed by atoms with E-state index in [0.29, 0.717) is 39.4 Å². The minimum absolute atomic E-state index is 0.0616. The van der Waals surface area contributed by atoms with Crippen LogP contribution in [0.4, 0.5) is 10.2 Å². The van der Waals surface area contributed by atoms with Crippen molar-refractivity contribution in [3.8, 4) is 22.8 Å². The average Bonchev–Trinajstić information content (AvgIpc) is 3.50. The van der Waals surface area contributed by atoms with E-state index in [1.54, 1.807) is 30.6 Å². The van der Waals surface area contributed by atoms with Crippen LogP contribution < -0.4 is 10.5 Å². The van der Waals surface area contributed by atoms with Gasteiger partial charge in [0.15, 0.2) is 11.5 Å². The van der Waals surface area contributed by atoms with Crippen LogP contribution in [0.1, 0.15) is 29.3 Å². The minimum Gasteiger partial charge on any atom is -0.382 e. The summed E-state index contributed by atoms with van der Waals surface area (Å²) in [6, 6.07) is 10.0. The van der Waals surface area contributed by atoms with Gasteiger partial charge < -0.3 is 10.7 Å². The molecule has 0 fully saturated rings. The fourth-order valence-corrected chi connectivity index (χ4v) is 4.72. The Hall–Kier alpha value is -4.68. The van der Waals surface area contributed by atoms with Crippen molar-refractivity contribution >= 4 is 32.4 Å². The number of rotatable bonds is 8. The largest absolute Gasteiger partial charge is 0.382 e. The summed E-state index contributed by atoms with van der Waals surface area (Å²) < 4.78 is 40.2. The SMILES string of the molecule is CC=C/C=C(/c1cc(F)cc(CNS(C)(=O)=O)c1)c1[nH]c(-c2n[nH]c3ccc(-c4cnccc4C)nc23)nc1N. The van der Waals surface area contributed by atoms with E-state index in [1.807, 2.05) is 38.1 Å². The average molecular weight is 559 g/mol. The molecule has 0 unspecified atom stereocenters. The van der Waals surface area contributed by atoms with E-state index in [1.165, 1.54) is 12.1 Å². The van der Waals surface area contributed by atoms with E-state index in [4.69, 9.17) is 10.7 Å². The molecule has 4 heterocycles. The Morgan fingerprint density at radius 3 is 2.75 bits per heavy atom. The van der Waals surface area contributed by atoms with Crippen LogP contribution in [0.3, 0.4) is 0 Å². The molecule has 5 aromatic rings. The number of nitrogen functional groups attached to an aromatic ring is 1. The number of H-pyrrole nitrogens is 2. The molecular formula is C28H27FN8O2S. The molecule has 40 heavy (non-hydrogen) atoms.